The van der Waals surface area contributed by atoms with Crippen LogP contribution in [-0.4, -0.2) is 49.7 Å². The number of nitrogens with zero attached hydrogens (tertiary/aromatic N) is 4. The van der Waals surface area contributed by atoms with Crippen LogP contribution >= 0.6 is 22.9 Å². The highest BCUT2D eigenvalue weighted by Crippen LogP contribution is 2.44. The first kappa shape index (κ1) is 21.3. The van der Waals surface area contributed by atoms with Gasteiger partial charge in [0.25, 0.3) is 0 Å². The molecule has 0 radical (unpaired) electrons. The van der Waals surface area contributed by atoms with Crippen LogP contribution in [0, 0.1) is 11.8 Å². The summed E-state index contributed by atoms with van der Waals surface area (Å²) in [6, 6.07) is 4.17. The van der Waals surface area contributed by atoms with E-state index in [2.05, 4.69) is 32.1 Å². The Bertz CT molecular complexity index is 1240. The van der Waals surface area contributed by atoms with E-state index in [-0.39, 0.29) is 12.2 Å². The van der Waals surface area contributed by atoms with Crippen LogP contribution in [0.2, 0.25) is 4.34 Å². The molecule has 0 unspecified atom stereocenters. The molecule has 0 aromatic carbocycles. The number of fused-ring (bicyclic) bond motifs is 2. The van der Waals surface area contributed by atoms with Crippen LogP contribution in [0.1, 0.15) is 50.6 Å². The summed E-state index contributed by atoms with van der Waals surface area (Å²) in [5.41, 5.74) is 1.42. The first-order valence-corrected chi connectivity index (χ1v) is 12.4. The van der Waals surface area contributed by atoms with Crippen molar-refractivity contribution in [1.82, 2.24) is 19.5 Å². The zero-order chi connectivity index (χ0) is 22.6. The average Bonchev–Trinajstić information content (AvgIpc) is 3.57. The number of ether oxygens (including phenoxy) is 3. The van der Waals surface area contributed by atoms with E-state index in [1.807, 2.05) is 30.5 Å². The third kappa shape index (κ3) is 4.00. The number of thiophene rings is 1. The summed E-state index contributed by atoms with van der Waals surface area (Å²) in [4.78, 5) is 14.5. The molecule has 0 spiro atoms. The second-order valence-electron chi connectivity index (χ2n) is 9.06. The van der Waals surface area contributed by atoms with Crippen LogP contribution in [0.5, 0.6) is 0 Å². The Labute approximate surface area is 200 Å². The number of anilines is 1. The van der Waals surface area contributed by atoms with Crippen molar-refractivity contribution in [3.05, 3.63) is 34.0 Å². The molecule has 4 atom stereocenters. The molecule has 1 aliphatic carbocycles. The van der Waals surface area contributed by atoms with Crippen molar-refractivity contribution in [2.75, 3.05) is 5.32 Å². The van der Waals surface area contributed by atoms with Gasteiger partial charge in [0.1, 0.15) is 24.6 Å². The molecule has 10 heteroatoms. The van der Waals surface area contributed by atoms with E-state index < -0.39 is 18.1 Å². The maximum absolute atomic E-state index is 6.37. The maximum Gasteiger partial charge on any atom is 0.167 e. The summed E-state index contributed by atoms with van der Waals surface area (Å²) in [5.74, 6) is 6.41. The van der Waals surface area contributed by atoms with E-state index in [1.54, 1.807) is 12.7 Å². The van der Waals surface area contributed by atoms with Gasteiger partial charge in [0, 0.05) is 6.04 Å². The van der Waals surface area contributed by atoms with Gasteiger partial charge in [0.05, 0.1) is 15.5 Å². The van der Waals surface area contributed by atoms with Crippen LogP contribution in [-0.2, 0) is 14.2 Å². The zero-order valence-electron chi connectivity index (χ0n) is 18.3. The lowest BCUT2D eigenvalue weighted by Crippen LogP contribution is -2.28. The number of nitrogens with one attached hydrogen (secondary N) is 1. The van der Waals surface area contributed by atoms with Gasteiger partial charge in [-0.25, -0.2) is 15.0 Å². The lowest BCUT2D eigenvalue weighted by atomic mass is 10.1. The Morgan fingerprint density at radius 3 is 2.76 bits per heavy atom. The number of hydrogen-bond donors (Lipinski definition) is 1. The smallest absolute Gasteiger partial charge is 0.167 e. The van der Waals surface area contributed by atoms with E-state index in [1.165, 1.54) is 24.2 Å². The van der Waals surface area contributed by atoms with Crippen molar-refractivity contribution in [2.45, 2.75) is 75.9 Å². The molecule has 2 saturated heterocycles. The molecule has 0 amide bonds. The van der Waals surface area contributed by atoms with Crippen LogP contribution < -0.4 is 5.32 Å². The van der Waals surface area contributed by atoms with Crippen molar-refractivity contribution in [2.24, 2.45) is 0 Å². The third-order valence-corrected chi connectivity index (χ3v) is 7.42. The summed E-state index contributed by atoms with van der Waals surface area (Å²) in [5, 5.41) is 3.54. The van der Waals surface area contributed by atoms with Gasteiger partial charge in [-0.05, 0) is 38.8 Å². The summed E-state index contributed by atoms with van der Waals surface area (Å²) < 4.78 is 21.4. The zero-order valence-corrected chi connectivity index (χ0v) is 19.9. The molecule has 5 heterocycles. The number of imidazole rings is 1. The number of aromatic nitrogens is 4. The molecule has 1 saturated carbocycles. The second-order valence-corrected chi connectivity index (χ2v) is 10.8. The molecular weight excluding hydrogens is 462 g/mol. The van der Waals surface area contributed by atoms with E-state index in [9.17, 15) is 0 Å². The SMILES string of the molecule is CC1(C)O[C@H]2[C@H](O1)[C@@H](C#Cc1ccc(Cl)s1)O[C@H]2n1cnc2c(NC3CCCC3)ncnc21. The standard InChI is InChI=1S/C23H24ClN5O3S/c1-23(2)31-18-15(9-7-14-8-10-16(24)33-14)30-22(19(18)32-23)29-12-27-17-20(25-11-26-21(17)29)28-13-5-3-4-6-13/h8,10-13,15,18-19,22H,3-6H2,1-2H3,(H,25,26,28)/t15-,18-,19+,22-/m1/s1. The molecule has 3 aliphatic rings. The molecule has 33 heavy (non-hydrogen) atoms. The first-order chi connectivity index (χ1) is 16.0. The second kappa shape index (κ2) is 8.22. The minimum absolute atomic E-state index is 0.330. The lowest BCUT2D eigenvalue weighted by molar-refractivity contribution is -0.190. The highest BCUT2D eigenvalue weighted by atomic mass is 35.5. The van der Waals surface area contributed by atoms with E-state index in [0.29, 0.717) is 16.0 Å². The molecule has 172 valence electrons. The van der Waals surface area contributed by atoms with Gasteiger partial charge < -0.3 is 19.5 Å². The molecule has 3 fully saturated rings. The summed E-state index contributed by atoms with van der Waals surface area (Å²) in [6.07, 6.45) is 6.49. The van der Waals surface area contributed by atoms with Crippen molar-refractivity contribution in [3.8, 4) is 11.8 Å². The number of hydrogen-bond acceptors (Lipinski definition) is 8. The number of halogens is 1. The minimum Gasteiger partial charge on any atom is -0.365 e. The first-order valence-electron chi connectivity index (χ1n) is 11.2. The highest BCUT2D eigenvalue weighted by molar-refractivity contribution is 7.16. The molecule has 1 N–H and O–H groups in total. The molecule has 3 aromatic rings. The minimum atomic E-state index is -0.732. The molecule has 8 nitrogen and oxygen atoms in total. The van der Waals surface area contributed by atoms with Crippen LogP contribution in [0.3, 0.4) is 0 Å². The fraction of sp³-hybridized carbons (Fsp3) is 0.522. The maximum atomic E-state index is 6.37. The van der Waals surface area contributed by atoms with Crippen molar-refractivity contribution in [3.63, 3.8) is 0 Å². The van der Waals surface area contributed by atoms with E-state index in [0.717, 1.165) is 29.1 Å². The fourth-order valence-electron chi connectivity index (χ4n) is 4.85. The summed E-state index contributed by atoms with van der Waals surface area (Å²) in [7, 11) is 0. The van der Waals surface area contributed by atoms with Crippen LogP contribution in [0.15, 0.2) is 24.8 Å². The molecule has 3 aromatic heterocycles. The lowest BCUT2D eigenvalue weighted by Gasteiger charge is -2.23. The van der Waals surface area contributed by atoms with Crippen molar-refractivity contribution < 1.29 is 14.2 Å². The normalized spacial score (nSPS) is 28.7. The predicted molar refractivity (Wildman–Crippen MR) is 125 cm³/mol. The summed E-state index contributed by atoms with van der Waals surface area (Å²) in [6.45, 7) is 3.81. The van der Waals surface area contributed by atoms with Crippen LogP contribution in [0.25, 0.3) is 11.2 Å². The van der Waals surface area contributed by atoms with Gasteiger partial charge >= 0.3 is 0 Å². The van der Waals surface area contributed by atoms with Gasteiger partial charge in [-0.2, -0.15) is 0 Å². The topological polar surface area (TPSA) is 83.3 Å². The molecule has 0 bridgehead atoms. The van der Waals surface area contributed by atoms with E-state index >= 15 is 0 Å². The Morgan fingerprint density at radius 2 is 1.97 bits per heavy atom. The van der Waals surface area contributed by atoms with Gasteiger partial charge in [0.2, 0.25) is 0 Å². The van der Waals surface area contributed by atoms with E-state index in [4.69, 9.17) is 25.8 Å². The summed E-state index contributed by atoms with van der Waals surface area (Å²) >= 11 is 7.48. The van der Waals surface area contributed by atoms with Crippen molar-refractivity contribution in [1.29, 1.82) is 0 Å². The Balaban J connectivity index is 1.32. The van der Waals surface area contributed by atoms with Gasteiger partial charge in [-0.3, -0.25) is 4.57 Å². The number of rotatable bonds is 3. The van der Waals surface area contributed by atoms with Gasteiger partial charge in [-0.15, -0.1) is 11.3 Å². The molecule has 6 rings (SSSR count). The Morgan fingerprint density at radius 1 is 1.15 bits per heavy atom. The fourth-order valence-corrected chi connectivity index (χ4v) is 5.75. The van der Waals surface area contributed by atoms with Crippen LogP contribution in [0.4, 0.5) is 5.82 Å². The predicted octanol–water partition coefficient (Wildman–Crippen LogP) is 4.36. The van der Waals surface area contributed by atoms with Gasteiger partial charge in [-0.1, -0.05) is 36.3 Å². The molecule has 2 aliphatic heterocycles. The highest BCUT2D eigenvalue weighted by Gasteiger charge is 2.56. The third-order valence-electron chi connectivity index (χ3n) is 6.27. The average molecular weight is 486 g/mol. The van der Waals surface area contributed by atoms with Crippen molar-refractivity contribution >= 4 is 39.9 Å². The monoisotopic (exact) mass is 485 g/mol. The Kier molecular flexibility index (Phi) is 5.31. The molecular formula is C23H24ClN5O3S. The Hall–Kier alpha value is -2.22. The largest absolute Gasteiger partial charge is 0.365 e. The van der Waals surface area contributed by atoms with Gasteiger partial charge in [0.15, 0.2) is 29.0 Å². The quantitative estimate of drug-likeness (QED) is 0.551.